The van der Waals surface area contributed by atoms with Crippen molar-refractivity contribution in [2.75, 3.05) is 12.3 Å². The van der Waals surface area contributed by atoms with E-state index in [1.54, 1.807) is 20.8 Å². The molecular weight excluding hydrogens is 288 g/mol. The molecule has 0 unspecified atom stereocenters. The fourth-order valence-electron chi connectivity index (χ4n) is 2.70. The fraction of sp³-hybridized carbons (Fsp3) is 0.933. The van der Waals surface area contributed by atoms with E-state index >= 15 is 0 Å². The van der Waals surface area contributed by atoms with Gasteiger partial charge in [0, 0.05) is 12.6 Å². The quantitative estimate of drug-likeness (QED) is 0.835. The molecule has 2 amide bonds. The van der Waals surface area contributed by atoms with Crippen LogP contribution in [0.4, 0.5) is 4.79 Å². The smallest absolute Gasteiger partial charge is 0.315 e. The second-order valence-corrected chi connectivity index (χ2v) is 10.2. The topological polar surface area (TPSA) is 75.3 Å². The minimum atomic E-state index is -3.19. The summed E-state index contributed by atoms with van der Waals surface area (Å²) in [6, 6.07) is -0.0639. The summed E-state index contributed by atoms with van der Waals surface area (Å²) in [5, 5.41) is 5.63. The third kappa shape index (κ3) is 5.49. The van der Waals surface area contributed by atoms with E-state index in [4.69, 9.17) is 0 Å². The molecule has 5 nitrogen and oxygen atoms in total. The highest BCUT2D eigenvalue weighted by atomic mass is 32.2. The molecule has 2 N–H and O–H groups in total. The van der Waals surface area contributed by atoms with Gasteiger partial charge in [-0.2, -0.15) is 0 Å². The zero-order valence-corrected chi connectivity index (χ0v) is 14.7. The number of urea groups is 1. The van der Waals surface area contributed by atoms with Crippen LogP contribution in [0.1, 0.15) is 53.9 Å². The van der Waals surface area contributed by atoms with E-state index in [0.29, 0.717) is 5.92 Å². The molecule has 6 heteroatoms. The van der Waals surface area contributed by atoms with Gasteiger partial charge in [-0.3, -0.25) is 0 Å². The van der Waals surface area contributed by atoms with Gasteiger partial charge in [-0.1, -0.05) is 13.8 Å². The lowest BCUT2D eigenvalue weighted by molar-refractivity contribution is 0.207. The van der Waals surface area contributed by atoms with E-state index in [-0.39, 0.29) is 24.4 Å². The van der Waals surface area contributed by atoms with Gasteiger partial charge in [0.15, 0.2) is 9.84 Å². The molecular formula is C15H30N2O3S. The standard InChI is InChI=1S/C15H30N2O3S/c1-11-6-7-13(12(2)10-11)17-14(18)16-8-9-21(19,20)15(3,4)5/h11-13H,6-10H2,1-5H3,(H2,16,17,18)/t11-,12+,13-/m1/s1. The van der Waals surface area contributed by atoms with Gasteiger partial charge < -0.3 is 10.6 Å². The largest absolute Gasteiger partial charge is 0.337 e. The van der Waals surface area contributed by atoms with Crippen molar-refractivity contribution in [2.45, 2.75) is 64.7 Å². The van der Waals surface area contributed by atoms with Crippen molar-refractivity contribution >= 4 is 15.9 Å². The Morgan fingerprint density at radius 2 is 1.81 bits per heavy atom. The highest BCUT2D eigenvalue weighted by Gasteiger charge is 2.29. The molecule has 1 rings (SSSR count). The minimum absolute atomic E-state index is 0.0266. The maximum Gasteiger partial charge on any atom is 0.315 e. The first-order chi connectivity index (χ1) is 9.53. The lowest BCUT2D eigenvalue weighted by atomic mass is 9.80. The first-order valence-electron chi connectivity index (χ1n) is 7.79. The van der Waals surface area contributed by atoms with Crippen molar-refractivity contribution in [1.82, 2.24) is 10.6 Å². The fourth-order valence-corrected chi connectivity index (χ4v) is 3.69. The maximum atomic E-state index is 11.9. The van der Waals surface area contributed by atoms with Crippen LogP contribution in [0.2, 0.25) is 0 Å². The van der Waals surface area contributed by atoms with Crippen molar-refractivity contribution < 1.29 is 13.2 Å². The Kier molecular flexibility index (Phi) is 6.08. The highest BCUT2D eigenvalue weighted by Crippen LogP contribution is 2.28. The predicted molar refractivity (Wildman–Crippen MR) is 86.0 cm³/mol. The Balaban J connectivity index is 2.35. The van der Waals surface area contributed by atoms with Gasteiger partial charge in [0.25, 0.3) is 0 Å². The van der Waals surface area contributed by atoms with E-state index in [0.717, 1.165) is 25.2 Å². The molecule has 0 aromatic heterocycles. The van der Waals surface area contributed by atoms with E-state index in [9.17, 15) is 13.2 Å². The molecule has 0 radical (unpaired) electrons. The van der Waals surface area contributed by atoms with E-state index in [2.05, 4.69) is 24.5 Å². The first kappa shape index (κ1) is 18.3. The molecule has 1 saturated carbocycles. The van der Waals surface area contributed by atoms with Crippen molar-refractivity contribution in [1.29, 1.82) is 0 Å². The van der Waals surface area contributed by atoms with Crippen LogP contribution >= 0.6 is 0 Å². The number of rotatable bonds is 4. The average Bonchev–Trinajstić information content (AvgIpc) is 2.31. The number of hydrogen-bond donors (Lipinski definition) is 2. The summed E-state index contributed by atoms with van der Waals surface area (Å²) in [6.45, 7) is 9.57. The second kappa shape index (κ2) is 6.99. The van der Waals surface area contributed by atoms with Gasteiger partial charge in [-0.05, 0) is 51.9 Å². The van der Waals surface area contributed by atoms with Gasteiger partial charge >= 0.3 is 6.03 Å². The number of carbonyl (C=O) groups is 1. The predicted octanol–water partition coefficient (Wildman–Crippen LogP) is 2.32. The molecule has 0 aromatic carbocycles. The van der Waals surface area contributed by atoms with Crippen molar-refractivity contribution in [3.05, 3.63) is 0 Å². The molecule has 3 atom stereocenters. The number of carbonyl (C=O) groups excluding carboxylic acids is 1. The maximum absolute atomic E-state index is 11.9. The van der Waals surface area contributed by atoms with Crippen molar-refractivity contribution in [3.8, 4) is 0 Å². The lowest BCUT2D eigenvalue weighted by Crippen LogP contribution is -2.48. The van der Waals surface area contributed by atoms with Crippen LogP contribution in [-0.4, -0.2) is 37.5 Å². The number of amides is 2. The molecule has 1 fully saturated rings. The third-order valence-electron chi connectivity index (χ3n) is 4.34. The lowest BCUT2D eigenvalue weighted by Gasteiger charge is -2.33. The Morgan fingerprint density at radius 3 is 2.33 bits per heavy atom. The molecule has 0 aromatic rings. The summed E-state index contributed by atoms with van der Waals surface area (Å²) in [7, 11) is -3.19. The van der Waals surface area contributed by atoms with Gasteiger partial charge in [-0.15, -0.1) is 0 Å². The number of sulfone groups is 1. The van der Waals surface area contributed by atoms with Gasteiger partial charge in [0.2, 0.25) is 0 Å². The van der Waals surface area contributed by atoms with E-state index in [1.165, 1.54) is 0 Å². The van der Waals surface area contributed by atoms with Crippen molar-refractivity contribution in [2.24, 2.45) is 11.8 Å². The molecule has 21 heavy (non-hydrogen) atoms. The molecule has 1 aliphatic rings. The van der Waals surface area contributed by atoms with Crippen LogP contribution in [0.15, 0.2) is 0 Å². The van der Waals surface area contributed by atoms with Gasteiger partial charge in [0.1, 0.15) is 0 Å². The van der Waals surface area contributed by atoms with Crippen LogP contribution < -0.4 is 10.6 Å². The Labute approximate surface area is 129 Å². The Bertz CT molecular complexity index is 454. The van der Waals surface area contributed by atoms with Crippen LogP contribution in [0, 0.1) is 11.8 Å². The minimum Gasteiger partial charge on any atom is -0.337 e. The van der Waals surface area contributed by atoms with E-state index < -0.39 is 14.6 Å². The zero-order chi connectivity index (χ0) is 16.3. The summed E-state index contributed by atoms with van der Waals surface area (Å²) in [5.74, 6) is 1.16. The van der Waals surface area contributed by atoms with Crippen LogP contribution in [-0.2, 0) is 9.84 Å². The molecule has 0 spiro atoms. The highest BCUT2D eigenvalue weighted by molar-refractivity contribution is 7.92. The summed E-state index contributed by atoms with van der Waals surface area (Å²) in [5.41, 5.74) is 0. The summed E-state index contributed by atoms with van der Waals surface area (Å²) in [4.78, 5) is 11.9. The zero-order valence-electron chi connectivity index (χ0n) is 13.9. The molecule has 0 heterocycles. The summed E-state index contributed by atoms with van der Waals surface area (Å²) < 4.78 is 23.1. The van der Waals surface area contributed by atoms with Crippen LogP contribution in [0.25, 0.3) is 0 Å². The first-order valence-corrected chi connectivity index (χ1v) is 9.45. The molecule has 0 bridgehead atoms. The molecule has 0 saturated heterocycles. The number of nitrogens with one attached hydrogen (secondary N) is 2. The van der Waals surface area contributed by atoms with E-state index in [1.807, 2.05) is 0 Å². The average molecular weight is 318 g/mol. The van der Waals surface area contributed by atoms with Crippen LogP contribution in [0.3, 0.4) is 0 Å². The second-order valence-electron chi connectivity index (χ2n) is 7.33. The molecule has 1 aliphatic carbocycles. The Hall–Kier alpha value is -0.780. The molecule has 124 valence electrons. The number of hydrogen-bond acceptors (Lipinski definition) is 3. The Morgan fingerprint density at radius 1 is 1.19 bits per heavy atom. The monoisotopic (exact) mass is 318 g/mol. The SMILES string of the molecule is C[C@@H]1CC[C@@H](NC(=O)NCCS(=O)(=O)C(C)(C)C)[C@@H](C)C1. The summed E-state index contributed by atoms with van der Waals surface area (Å²) >= 11 is 0. The summed E-state index contributed by atoms with van der Waals surface area (Å²) in [6.07, 6.45) is 3.26. The van der Waals surface area contributed by atoms with Gasteiger partial charge in [-0.25, -0.2) is 13.2 Å². The normalized spacial score (nSPS) is 27.2. The molecule has 0 aliphatic heterocycles. The van der Waals surface area contributed by atoms with Crippen molar-refractivity contribution in [3.63, 3.8) is 0 Å². The van der Waals surface area contributed by atoms with Crippen LogP contribution in [0.5, 0.6) is 0 Å². The van der Waals surface area contributed by atoms with Gasteiger partial charge in [0.05, 0.1) is 10.5 Å². The third-order valence-corrected chi connectivity index (χ3v) is 6.94.